The molecule has 0 radical (unpaired) electrons. The van der Waals surface area contributed by atoms with Crippen LogP contribution in [0.2, 0.25) is 0 Å². The summed E-state index contributed by atoms with van der Waals surface area (Å²) in [6.07, 6.45) is 2.81. The minimum Gasteiger partial charge on any atom is -0.303 e. The van der Waals surface area contributed by atoms with Crippen LogP contribution in [0.3, 0.4) is 0 Å². The number of alkyl halides is 1. The third kappa shape index (κ3) is 2.24. The van der Waals surface area contributed by atoms with E-state index in [1.54, 1.807) is 0 Å². The van der Waals surface area contributed by atoms with E-state index in [2.05, 4.69) is 27.8 Å². The molecule has 0 spiro atoms. The van der Waals surface area contributed by atoms with Gasteiger partial charge in [-0.15, -0.1) is 0 Å². The van der Waals surface area contributed by atoms with Gasteiger partial charge in [0.05, 0.1) is 0 Å². The molecule has 60 valence electrons. The van der Waals surface area contributed by atoms with Crippen LogP contribution in [0, 0.1) is 5.92 Å². The highest BCUT2D eigenvalue weighted by atomic mass is 79.9. The quantitative estimate of drug-likeness (QED) is 0.625. The van der Waals surface area contributed by atoms with Gasteiger partial charge in [-0.3, -0.25) is 0 Å². The standard InChI is InChI=1S/C8H16BrN/c1-2-10-5-3-4-8(6-9)7-10/h8H,2-7H2,1H3. The molecule has 0 saturated carbocycles. The number of hydrogen-bond donors (Lipinski definition) is 0. The smallest absolute Gasteiger partial charge is 0.00718 e. The first-order chi connectivity index (χ1) is 4.86. The van der Waals surface area contributed by atoms with Crippen molar-refractivity contribution in [3.63, 3.8) is 0 Å². The molecule has 0 aromatic heterocycles. The maximum absolute atomic E-state index is 3.54. The first-order valence-corrected chi connectivity index (χ1v) is 5.27. The highest BCUT2D eigenvalue weighted by molar-refractivity contribution is 9.09. The normalized spacial score (nSPS) is 28.8. The van der Waals surface area contributed by atoms with E-state index in [0.29, 0.717) is 0 Å². The number of halogens is 1. The Hall–Kier alpha value is 0.440. The Labute approximate surface area is 71.9 Å². The summed E-state index contributed by atoms with van der Waals surface area (Å²) in [6, 6.07) is 0. The zero-order valence-corrected chi connectivity index (χ0v) is 8.23. The van der Waals surface area contributed by atoms with Gasteiger partial charge in [0.25, 0.3) is 0 Å². The fourth-order valence-corrected chi connectivity index (χ4v) is 2.09. The van der Waals surface area contributed by atoms with Crippen LogP contribution in [0.4, 0.5) is 0 Å². The lowest BCUT2D eigenvalue weighted by Gasteiger charge is -2.30. The Kier molecular flexibility index (Phi) is 3.71. The molecular formula is C8H16BrN. The Morgan fingerprint density at radius 2 is 2.40 bits per heavy atom. The van der Waals surface area contributed by atoms with Crippen LogP contribution in [-0.4, -0.2) is 29.9 Å². The van der Waals surface area contributed by atoms with Crippen molar-refractivity contribution in [1.82, 2.24) is 4.90 Å². The van der Waals surface area contributed by atoms with E-state index in [4.69, 9.17) is 0 Å². The summed E-state index contributed by atoms with van der Waals surface area (Å²) in [5.41, 5.74) is 0. The van der Waals surface area contributed by atoms with Gasteiger partial charge in [-0.05, 0) is 31.8 Å². The van der Waals surface area contributed by atoms with E-state index < -0.39 is 0 Å². The molecule has 0 N–H and O–H groups in total. The Morgan fingerprint density at radius 1 is 1.60 bits per heavy atom. The molecule has 1 atom stereocenters. The zero-order valence-electron chi connectivity index (χ0n) is 6.65. The summed E-state index contributed by atoms with van der Waals surface area (Å²) in [5.74, 6) is 0.911. The highest BCUT2D eigenvalue weighted by Crippen LogP contribution is 2.17. The van der Waals surface area contributed by atoms with Crippen LogP contribution in [0.1, 0.15) is 19.8 Å². The van der Waals surface area contributed by atoms with Crippen molar-refractivity contribution in [3.05, 3.63) is 0 Å². The monoisotopic (exact) mass is 205 g/mol. The first-order valence-electron chi connectivity index (χ1n) is 4.15. The van der Waals surface area contributed by atoms with Crippen molar-refractivity contribution >= 4 is 15.9 Å². The largest absolute Gasteiger partial charge is 0.303 e. The summed E-state index contributed by atoms with van der Waals surface area (Å²) in [7, 11) is 0. The second-order valence-electron chi connectivity index (χ2n) is 3.06. The predicted molar refractivity (Wildman–Crippen MR) is 48.6 cm³/mol. The minimum absolute atomic E-state index is 0.911. The maximum Gasteiger partial charge on any atom is 0.00718 e. The van der Waals surface area contributed by atoms with Crippen molar-refractivity contribution in [1.29, 1.82) is 0 Å². The average molecular weight is 206 g/mol. The summed E-state index contributed by atoms with van der Waals surface area (Å²) < 4.78 is 0. The fraction of sp³-hybridized carbons (Fsp3) is 1.00. The van der Waals surface area contributed by atoms with E-state index in [1.807, 2.05) is 0 Å². The van der Waals surface area contributed by atoms with Crippen molar-refractivity contribution < 1.29 is 0 Å². The molecule has 1 aliphatic heterocycles. The Bertz CT molecular complexity index is 85.3. The molecule has 0 aliphatic carbocycles. The molecular weight excluding hydrogens is 190 g/mol. The Balaban J connectivity index is 2.25. The maximum atomic E-state index is 3.54. The lowest BCUT2D eigenvalue weighted by molar-refractivity contribution is 0.195. The summed E-state index contributed by atoms with van der Waals surface area (Å²) >= 11 is 3.54. The molecule has 1 unspecified atom stereocenters. The van der Waals surface area contributed by atoms with Gasteiger partial charge in [0.1, 0.15) is 0 Å². The number of rotatable bonds is 2. The van der Waals surface area contributed by atoms with E-state index in [1.165, 1.54) is 37.8 Å². The van der Waals surface area contributed by atoms with Gasteiger partial charge in [0.15, 0.2) is 0 Å². The molecule has 10 heavy (non-hydrogen) atoms. The molecule has 2 heteroatoms. The molecule has 1 saturated heterocycles. The van der Waals surface area contributed by atoms with Crippen molar-refractivity contribution in [2.45, 2.75) is 19.8 Å². The van der Waals surface area contributed by atoms with Crippen LogP contribution >= 0.6 is 15.9 Å². The second kappa shape index (κ2) is 4.35. The SMILES string of the molecule is CCN1CCCC(CBr)C1. The van der Waals surface area contributed by atoms with Gasteiger partial charge in [-0.2, -0.15) is 0 Å². The van der Waals surface area contributed by atoms with Crippen molar-refractivity contribution in [2.24, 2.45) is 5.92 Å². The summed E-state index contributed by atoms with van der Waals surface area (Å²) in [4.78, 5) is 2.54. The van der Waals surface area contributed by atoms with Gasteiger partial charge < -0.3 is 4.90 Å². The molecule has 1 heterocycles. The second-order valence-corrected chi connectivity index (χ2v) is 3.70. The topological polar surface area (TPSA) is 3.24 Å². The van der Waals surface area contributed by atoms with Gasteiger partial charge in [0, 0.05) is 11.9 Å². The van der Waals surface area contributed by atoms with Crippen LogP contribution in [-0.2, 0) is 0 Å². The number of piperidine rings is 1. The molecule has 0 aromatic carbocycles. The van der Waals surface area contributed by atoms with Crippen LogP contribution in [0.5, 0.6) is 0 Å². The molecule has 1 nitrogen and oxygen atoms in total. The molecule has 1 rings (SSSR count). The van der Waals surface area contributed by atoms with Gasteiger partial charge >= 0.3 is 0 Å². The fourth-order valence-electron chi connectivity index (χ4n) is 1.56. The number of nitrogens with zero attached hydrogens (tertiary/aromatic N) is 1. The van der Waals surface area contributed by atoms with Gasteiger partial charge in [-0.25, -0.2) is 0 Å². The van der Waals surface area contributed by atoms with Crippen LogP contribution in [0.25, 0.3) is 0 Å². The van der Waals surface area contributed by atoms with E-state index in [-0.39, 0.29) is 0 Å². The van der Waals surface area contributed by atoms with Crippen molar-refractivity contribution in [2.75, 3.05) is 25.0 Å². The first kappa shape index (κ1) is 8.54. The minimum atomic E-state index is 0.911. The molecule has 0 amide bonds. The predicted octanol–water partition coefficient (Wildman–Crippen LogP) is 2.11. The molecule has 0 bridgehead atoms. The number of hydrogen-bond acceptors (Lipinski definition) is 1. The van der Waals surface area contributed by atoms with Crippen LogP contribution < -0.4 is 0 Å². The van der Waals surface area contributed by atoms with E-state index in [9.17, 15) is 0 Å². The third-order valence-electron chi connectivity index (χ3n) is 2.27. The summed E-state index contributed by atoms with van der Waals surface area (Å²) in [6.45, 7) is 6.10. The van der Waals surface area contributed by atoms with E-state index >= 15 is 0 Å². The lowest BCUT2D eigenvalue weighted by atomic mass is 10.0. The van der Waals surface area contributed by atoms with Gasteiger partial charge in [0.2, 0.25) is 0 Å². The summed E-state index contributed by atoms with van der Waals surface area (Å²) in [5, 5.41) is 1.18. The highest BCUT2D eigenvalue weighted by Gasteiger charge is 2.16. The lowest BCUT2D eigenvalue weighted by Crippen LogP contribution is -2.35. The number of likely N-dealkylation sites (tertiary alicyclic amines) is 1. The van der Waals surface area contributed by atoms with Gasteiger partial charge in [-0.1, -0.05) is 22.9 Å². The molecule has 1 aliphatic rings. The van der Waals surface area contributed by atoms with Crippen LogP contribution in [0.15, 0.2) is 0 Å². The average Bonchev–Trinajstić information content (AvgIpc) is 2.05. The van der Waals surface area contributed by atoms with Crippen molar-refractivity contribution in [3.8, 4) is 0 Å². The molecule has 1 fully saturated rings. The Morgan fingerprint density at radius 3 is 3.00 bits per heavy atom. The third-order valence-corrected chi connectivity index (χ3v) is 3.18. The zero-order chi connectivity index (χ0) is 7.40. The van der Waals surface area contributed by atoms with E-state index in [0.717, 1.165) is 5.92 Å². The molecule has 0 aromatic rings.